The van der Waals surface area contributed by atoms with E-state index < -0.39 is 0 Å². The number of ketones is 1. The topological polar surface area (TPSA) is 37.3 Å². The van der Waals surface area contributed by atoms with Crippen molar-refractivity contribution in [3.05, 3.63) is 11.8 Å². The van der Waals surface area contributed by atoms with Crippen LogP contribution >= 0.6 is 9.90 Å². The highest BCUT2D eigenvalue weighted by Gasteiger charge is 1.82. The Labute approximate surface area is 52.2 Å². The van der Waals surface area contributed by atoms with Crippen LogP contribution in [-0.2, 0) is 4.79 Å². The van der Waals surface area contributed by atoms with Gasteiger partial charge in [0.25, 0.3) is 0 Å². The van der Waals surface area contributed by atoms with Crippen LogP contribution in [0.5, 0.6) is 0 Å². The number of carbonyl (C=O) groups excluding carboxylic acids is 1. The normalized spacial score (nSPS) is 10.0. The highest BCUT2D eigenvalue weighted by molar-refractivity contribution is 6.92. The van der Waals surface area contributed by atoms with Crippen LogP contribution in [0.3, 0.4) is 0 Å². The first-order valence-corrected chi connectivity index (χ1v) is 2.01. The SMILES string of the molecule is CC(=O)/C=C(/C)O.P. The second-order valence-electron chi connectivity index (χ2n) is 1.40. The molecule has 8 heavy (non-hydrogen) atoms. The number of allylic oxidation sites excluding steroid dienone is 2. The van der Waals surface area contributed by atoms with E-state index in [2.05, 4.69) is 0 Å². The van der Waals surface area contributed by atoms with Gasteiger partial charge in [-0.2, -0.15) is 9.90 Å². The highest BCUT2D eigenvalue weighted by Crippen LogP contribution is 1.82. The molecule has 48 valence electrons. The average Bonchev–Trinajstić information content (AvgIpc) is 1.27. The Hall–Kier alpha value is -0.360. The van der Waals surface area contributed by atoms with Crippen molar-refractivity contribution >= 4 is 15.7 Å². The van der Waals surface area contributed by atoms with Gasteiger partial charge in [0.2, 0.25) is 0 Å². The lowest BCUT2D eigenvalue weighted by molar-refractivity contribution is -0.112. The molecule has 1 atom stereocenters. The zero-order valence-electron chi connectivity index (χ0n) is 5.14. The van der Waals surface area contributed by atoms with Gasteiger partial charge >= 0.3 is 0 Å². The summed E-state index contributed by atoms with van der Waals surface area (Å²) in [4.78, 5) is 10.0. The minimum Gasteiger partial charge on any atom is -0.512 e. The first-order valence-electron chi connectivity index (χ1n) is 2.01. The molecule has 0 spiro atoms. The number of hydrogen-bond donors (Lipinski definition) is 1. The number of hydrogen-bond acceptors (Lipinski definition) is 2. The molecule has 1 N–H and O–H groups in total. The summed E-state index contributed by atoms with van der Waals surface area (Å²) in [6, 6.07) is 0. The van der Waals surface area contributed by atoms with Crippen LogP contribution in [0, 0.1) is 0 Å². The third kappa shape index (κ3) is 9.16. The van der Waals surface area contributed by atoms with E-state index in [1.54, 1.807) is 0 Å². The molecule has 0 fully saturated rings. The van der Waals surface area contributed by atoms with E-state index in [9.17, 15) is 4.79 Å². The van der Waals surface area contributed by atoms with Crippen LogP contribution in [0.25, 0.3) is 0 Å². The molecule has 0 saturated heterocycles. The molecule has 0 aliphatic heterocycles. The van der Waals surface area contributed by atoms with Crippen LogP contribution in [0.2, 0.25) is 0 Å². The predicted molar refractivity (Wildman–Crippen MR) is 38.2 cm³/mol. The number of rotatable bonds is 1. The van der Waals surface area contributed by atoms with E-state index in [4.69, 9.17) is 5.11 Å². The second kappa shape index (κ2) is 4.79. The van der Waals surface area contributed by atoms with Crippen LogP contribution in [0.15, 0.2) is 11.8 Å². The Balaban J connectivity index is 0. The van der Waals surface area contributed by atoms with E-state index >= 15 is 0 Å². The van der Waals surface area contributed by atoms with Crippen molar-refractivity contribution in [2.45, 2.75) is 13.8 Å². The molecular weight excluding hydrogens is 123 g/mol. The van der Waals surface area contributed by atoms with Crippen molar-refractivity contribution in [1.82, 2.24) is 0 Å². The molecule has 0 aromatic carbocycles. The molecule has 0 aliphatic rings. The van der Waals surface area contributed by atoms with Crippen molar-refractivity contribution < 1.29 is 9.90 Å². The van der Waals surface area contributed by atoms with Crippen molar-refractivity contribution in [3.8, 4) is 0 Å². The van der Waals surface area contributed by atoms with Crippen molar-refractivity contribution in [2.75, 3.05) is 0 Å². The highest BCUT2D eigenvalue weighted by atomic mass is 31.0. The maximum atomic E-state index is 10.0. The van der Waals surface area contributed by atoms with Gasteiger partial charge in [0.15, 0.2) is 5.78 Å². The number of aliphatic hydroxyl groups excluding tert-OH is 1. The maximum Gasteiger partial charge on any atom is 0.155 e. The monoisotopic (exact) mass is 134 g/mol. The lowest BCUT2D eigenvalue weighted by atomic mass is 10.4. The minimum absolute atomic E-state index is 0. The van der Waals surface area contributed by atoms with Crippen molar-refractivity contribution in [1.29, 1.82) is 0 Å². The lowest BCUT2D eigenvalue weighted by Crippen LogP contribution is -1.82. The Kier molecular flexibility index (Phi) is 6.34. The van der Waals surface area contributed by atoms with Gasteiger partial charge in [-0.1, -0.05) is 0 Å². The Morgan fingerprint density at radius 3 is 1.88 bits per heavy atom. The molecule has 0 saturated carbocycles. The van der Waals surface area contributed by atoms with Gasteiger partial charge in [-0.3, -0.25) is 4.79 Å². The third-order valence-corrected chi connectivity index (χ3v) is 0.412. The van der Waals surface area contributed by atoms with E-state index in [-0.39, 0.29) is 21.4 Å². The van der Waals surface area contributed by atoms with Crippen LogP contribution in [0.4, 0.5) is 0 Å². The Morgan fingerprint density at radius 1 is 1.50 bits per heavy atom. The third-order valence-electron chi connectivity index (χ3n) is 0.412. The fraction of sp³-hybridized carbons (Fsp3) is 0.400. The van der Waals surface area contributed by atoms with Gasteiger partial charge in [0.1, 0.15) is 0 Å². The summed E-state index contributed by atoms with van der Waals surface area (Å²) < 4.78 is 0. The zero-order chi connectivity index (χ0) is 5.86. The number of aliphatic hydroxyl groups is 1. The predicted octanol–water partition coefficient (Wildman–Crippen LogP) is 1.10. The molecule has 0 rings (SSSR count). The number of carbonyl (C=O) groups is 1. The van der Waals surface area contributed by atoms with E-state index in [0.29, 0.717) is 0 Å². The van der Waals surface area contributed by atoms with E-state index in [1.807, 2.05) is 0 Å². The summed E-state index contributed by atoms with van der Waals surface area (Å²) in [7, 11) is 0. The quantitative estimate of drug-likeness (QED) is 0.331. The molecular formula is C5H11O2P. The molecule has 0 radical (unpaired) electrons. The molecule has 0 bridgehead atoms. The fourth-order valence-corrected chi connectivity index (χ4v) is 0.294. The van der Waals surface area contributed by atoms with E-state index in [1.165, 1.54) is 19.9 Å². The summed E-state index contributed by atoms with van der Waals surface area (Å²) in [6.45, 7) is 2.85. The lowest BCUT2D eigenvalue weighted by Gasteiger charge is -1.80. The summed E-state index contributed by atoms with van der Waals surface area (Å²) in [5.41, 5.74) is 0. The summed E-state index contributed by atoms with van der Waals surface area (Å²) >= 11 is 0. The molecule has 2 nitrogen and oxygen atoms in total. The standard InChI is InChI=1S/C5H8O2.H3P/c1-4(6)3-5(2)7;/h3,6H,1-2H3;1H3/b4-3-;. The minimum atomic E-state index is -0.125. The molecule has 0 aliphatic carbocycles. The van der Waals surface area contributed by atoms with Gasteiger partial charge in [0.05, 0.1) is 5.76 Å². The fourth-order valence-electron chi connectivity index (χ4n) is 0.294. The molecule has 0 heterocycles. The molecule has 0 aromatic heterocycles. The first-order chi connectivity index (χ1) is 3.13. The Bertz CT molecular complexity index is 103. The molecule has 0 amide bonds. The van der Waals surface area contributed by atoms with Crippen molar-refractivity contribution in [3.63, 3.8) is 0 Å². The molecule has 0 aromatic rings. The van der Waals surface area contributed by atoms with Gasteiger partial charge in [-0.15, -0.1) is 0 Å². The molecule has 1 unspecified atom stereocenters. The summed E-state index contributed by atoms with van der Waals surface area (Å²) in [6.07, 6.45) is 1.17. The smallest absolute Gasteiger partial charge is 0.155 e. The van der Waals surface area contributed by atoms with Crippen LogP contribution in [0.1, 0.15) is 13.8 Å². The maximum absolute atomic E-state index is 10.0. The zero-order valence-corrected chi connectivity index (χ0v) is 6.55. The average molecular weight is 134 g/mol. The van der Waals surface area contributed by atoms with Crippen LogP contribution < -0.4 is 0 Å². The van der Waals surface area contributed by atoms with Crippen molar-refractivity contribution in [2.24, 2.45) is 0 Å². The summed E-state index contributed by atoms with van der Waals surface area (Å²) in [5.74, 6) is -0.0625. The van der Waals surface area contributed by atoms with E-state index in [0.717, 1.165) is 0 Å². The van der Waals surface area contributed by atoms with Gasteiger partial charge < -0.3 is 5.11 Å². The Morgan fingerprint density at radius 2 is 1.88 bits per heavy atom. The van der Waals surface area contributed by atoms with Crippen LogP contribution in [-0.4, -0.2) is 10.9 Å². The van der Waals surface area contributed by atoms with Gasteiger partial charge in [-0.05, 0) is 13.8 Å². The second-order valence-corrected chi connectivity index (χ2v) is 1.40. The first kappa shape index (κ1) is 10.6. The van der Waals surface area contributed by atoms with Gasteiger partial charge in [0, 0.05) is 6.08 Å². The molecule has 3 heteroatoms. The summed E-state index contributed by atoms with van der Waals surface area (Å²) in [5, 5.41) is 8.36. The van der Waals surface area contributed by atoms with Gasteiger partial charge in [-0.25, -0.2) is 0 Å². The largest absolute Gasteiger partial charge is 0.512 e.